The van der Waals surface area contributed by atoms with Crippen LogP contribution in [0.15, 0.2) is 164 Å². The molecule has 0 aliphatic heterocycles. The van der Waals surface area contributed by atoms with E-state index in [0.717, 1.165) is 0 Å². The fourth-order valence-electron chi connectivity index (χ4n) is 8.91. The van der Waals surface area contributed by atoms with Crippen molar-refractivity contribution in [3.63, 3.8) is 0 Å². The maximum atomic E-state index is 3.82. The van der Waals surface area contributed by atoms with Crippen molar-refractivity contribution in [2.75, 3.05) is 0 Å². The first-order valence-electron chi connectivity index (χ1n) is 17.5. The third-order valence-corrected chi connectivity index (χ3v) is 12.3. The highest BCUT2D eigenvalue weighted by molar-refractivity contribution is 7.27. The van der Waals surface area contributed by atoms with Crippen LogP contribution < -0.4 is 0 Å². The van der Waals surface area contributed by atoms with E-state index < -0.39 is 0 Å². The average molecular weight is 665 g/mol. The number of nitrogens with zero attached hydrogens (tertiary/aromatic N) is 1. The van der Waals surface area contributed by atoms with Crippen LogP contribution in [0.4, 0.5) is 0 Å². The Bertz CT molecular complexity index is 3410. The molecule has 3 aromatic heterocycles. The molecule has 12 rings (SSSR count). The van der Waals surface area contributed by atoms with Crippen molar-refractivity contribution in [1.82, 2.24) is 9.55 Å². The number of aromatic amines is 1. The second kappa shape index (κ2) is 10.1. The highest BCUT2D eigenvalue weighted by Crippen LogP contribution is 2.50. The van der Waals surface area contributed by atoms with Crippen LogP contribution in [-0.4, -0.2) is 9.55 Å². The molecule has 3 heteroatoms. The number of H-pyrrole nitrogens is 1. The van der Waals surface area contributed by atoms with Crippen molar-refractivity contribution in [3.8, 4) is 16.8 Å². The van der Waals surface area contributed by atoms with E-state index in [4.69, 9.17) is 0 Å². The Morgan fingerprint density at radius 2 is 1.10 bits per heavy atom. The third-order valence-electron chi connectivity index (χ3n) is 11.1. The predicted octanol–water partition coefficient (Wildman–Crippen LogP) is 13.9. The zero-order valence-electron chi connectivity index (χ0n) is 27.4. The van der Waals surface area contributed by atoms with Gasteiger partial charge in [-0.1, -0.05) is 127 Å². The quantitative estimate of drug-likeness (QED) is 0.190. The van der Waals surface area contributed by atoms with Crippen LogP contribution in [-0.2, 0) is 0 Å². The maximum absolute atomic E-state index is 3.82. The van der Waals surface area contributed by atoms with Crippen LogP contribution in [0.3, 0.4) is 0 Å². The number of aromatic nitrogens is 2. The zero-order chi connectivity index (χ0) is 33.2. The van der Waals surface area contributed by atoms with Gasteiger partial charge in [0.15, 0.2) is 0 Å². The van der Waals surface area contributed by atoms with E-state index in [1.54, 1.807) is 0 Å². The van der Waals surface area contributed by atoms with Crippen molar-refractivity contribution < 1.29 is 0 Å². The first kappa shape index (κ1) is 27.4. The highest BCUT2D eigenvalue weighted by atomic mass is 32.1. The Labute approximate surface area is 296 Å². The van der Waals surface area contributed by atoms with Crippen LogP contribution in [0.5, 0.6) is 0 Å². The summed E-state index contributed by atoms with van der Waals surface area (Å²) in [5, 5.41) is 15.5. The normalized spacial score (nSPS) is 12.3. The van der Waals surface area contributed by atoms with Crippen LogP contribution in [0.2, 0.25) is 0 Å². The molecule has 0 unspecified atom stereocenters. The van der Waals surface area contributed by atoms with E-state index in [0.29, 0.717) is 0 Å². The minimum Gasteiger partial charge on any atom is -0.354 e. The molecule has 1 N–H and O–H groups in total. The van der Waals surface area contributed by atoms with Gasteiger partial charge in [0.05, 0.1) is 16.6 Å². The van der Waals surface area contributed by atoms with Gasteiger partial charge >= 0.3 is 0 Å². The molecule has 12 aromatic rings. The molecule has 236 valence electrons. The Hall–Kier alpha value is -6.42. The third kappa shape index (κ3) is 3.65. The minimum atomic E-state index is 1.17. The van der Waals surface area contributed by atoms with Gasteiger partial charge in [-0.25, -0.2) is 0 Å². The minimum absolute atomic E-state index is 1.17. The van der Waals surface area contributed by atoms with E-state index in [2.05, 4.69) is 173 Å². The summed E-state index contributed by atoms with van der Waals surface area (Å²) in [5.41, 5.74) is 8.49. The summed E-state index contributed by atoms with van der Waals surface area (Å²) in [6.07, 6.45) is 0. The lowest BCUT2D eigenvalue weighted by Crippen LogP contribution is -1.93. The van der Waals surface area contributed by atoms with Gasteiger partial charge in [-0.3, -0.25) is 0 Å². The van der Waals surface area contributed by atoms with Crippen molar-refractivity contribution in [2.24, 2.45) is 0 Å². The van der Waals surface area contributed by atoms with E-state index in [-0.39, 0.29) is 0 Å². The van der Waals surface area contributed by atoms with Gasteiger partial charge in [0.1, 0.15) is 0 Å². The summed E-state index contributed by atoms with van der Waals surface area (Å²) >= 11 is 1.94. The fraction of sp³-hybridized carbons (Fsp3) is 0. The van der Waals surface area contributed by atoms with Gasteiger partial charge in [-0.2, -0.15) is 0 Å². The lowest BCUT2D eigenvalue weighted by Gasteiger charge is -2.12. The number of para-hydroxylation sites is 2. The molecule has 51 heavy (non-hydrogen) atoms. The molecular weight excluding hydrogens is 637 g/mol. The van der Waals surface area contributed by atoms with E-state index in [1.165, 1.54) is 113 Å². The summed E-state index contributed by atoms with van der Waals surface area (Å²) in [7, 11) is 0. The van der Waals surface area contributed by atoms with E-state index in [9.17, 15) is 0 Å². The van der Waals surface area contributed by atoms with Gasteiger partial charge < -0.3 is 9.55 Å². The number of hydrogen-bond acceptors (Lipinski definition) is 1. The van der Waals surface area contributed by atoms with Gasteiger partial charge in [-0.15, -0.1) is 11.3 Å². The number of nitrogens with one attached hydrogen (secondary N) is 1. The topological polar surface area (TPSA) is 20.7 Å². The molecule has 9 aromatic carbocycles. The summed E-state index contributed by atoms with van der Waals surface area (Å²) < 4.78 is 5.15. The van der Waals surface area contributed by atoms with Crippen molar-refractivity contribution in [1.29, 1.82) is 0 Å². The Balaban J connectivity index is 1.24. The van der Waals surface area contributed by atoms with Gasteiger partial charge in [0.25, 0.3) is 0 Å². The second-order valence-corrected chi connectivity index (χ2v) is 14.7. The van der Waals surface area contributed by atoms with Gasteiger partial charge in [0, 0.05) is 69.1 Å². The second-order valence-electron chi connectivity index (χ2n) is 13.7. The molecular formula is C48H28N2S. The number of fused-ring (bicyclic) bond motifs is 17. The molecule has 0 aliphatic carbocycles. The van der Waals surface area contributed by atoms with Gasteiger partial charge in [0.2, 0.25) is 0 Å². The standard InChI is InChI=1S/C48H28N2S/c1-2-13-30(14-3-1)50-41-25-23-28-12-4-5-15-31(28)43(41)37-24-22-29(26-42(37)50)38-27-39-45-44-36-20-10-11-21-40(36)49-46(44)33-17-7-9-19-35(33)48(45)51-47(39)34-18-8-6-16-32(34)38/h1-27,49H. The molecule has 0 atom stereocenters. The largest absolute Gasteiger partial charge is 0.354 e. The van der Waals surface area contributed by atoms with Crippen LogP contribution in [0.1, 0.15) is 0 Å². The van der Waals surface area contributed by atoms with Crippen molar-refractivity contribution in [3.05, 3.63) is 164 Å². The first-order valence-corrected chi connectivity index (χ1v) is 18.3. The van der Waals surface area contributed by atoms with Crippen LogP contribution in [0, 0.1) is 0 Å². The zero-order valence-corrected chi connectivity index (χ0v) is 28.3. The molecule has 0 bridgehead atoms. The first-order chi connectivity index (χ1) is 25.3. The molecule has 0 saturated heterocycles. The number of thiophene rings is 1. The molecule has 0 saturated carbocycles. The smallest absolute Gasteiger partial charge is 0.0551 e. The number of rotatable bonds is 2. The molecule has 0 spiro atoms. The summed E-state index contributed by atoms with van der Waals surface area (Å²) in [6.45, 7) is 0. The number of benzene rings is 9. The van der Waals surface area contributed by atoms with Crippen LogP contribution >= 0.6 is 11.3 Å². The maximum Gasteiger partial charge on any atom is 0.0551 e. The number of hydrogen-bond donors (Lipinski definition) is 1. The molecule has 0 aliphatic rings. The lowest BCUT2D eigenvalue weighted by atomic mass is 9.93. The van der Waals surface area contributed by atoms with Crippen molar-refractivity contribution >= 4 is 107 Å². The monoisotopic (exact) mass is 664 g/mol. The summed E-state index contributed by atoms with van der Waals surface area (Å²) in [6, 6.07) is 60.4. The molecule has 3 heterocycles. The molecule has 0 fully saturated rings. The predicted molar refractivity (Wildman–Crippen MR) is 221 cm³/mol. The SMILES string of the molecule is c1ccc(-n2c3cc(-c4cc5c(sc6c7ccccc7c7[nH]c8ccccc8c7c56)c5ccccc45)ccc3c3c4ccccc4ccc32)cc1. The molecule has 0 amide bonds. The highest BCUT2D eigenvalue weighted by Gasteiger charge is 2.22. The van der Waals surface area contributed by atoms with Crippen molar-refractivity contribution in [2.45, 2.75) is 0 Å². The lowest BCUT2D eigenvalue weighted by molar-refractivity contribution is 1.18. The summed E-state index contributed by atoms with van der Waals surface area (Å²) in [4.78, 5) is 3.82. The Kier molecular flexibility index (Phi) is 5.41. The Morgan fingerprint density at radius 1 is 0.412 bits per heavy atom. The Morgan fingerprint density at radius 3 is 1.94 bits per heavy atom. The summed E-state index contributed by atoms with van der Waals surface area (Å²) in [5.74, 6) is 0. The fourth-order valence-corrected chi connectivity index (χ4v) is 10.3. The molecule has 2 nitrogen and oxygen atoms in total. The van der Waals surface area contributed by atoms with E-state index >= 15 is 0 Å². The van der Waals surface area contributed by atoms with Gasteiger partial charge in [-0.05, 0) is 63.7 Å². The van der Waals surface area contributed by atoms with E-state index in [1.807, 2.05) is 11.3 Å². The van der Waals surface area contributed by atoms with Crippen LogP contribution in [0.25, 0.3) is 113 Å². The molecule has 0 radical (unpaired) electrons. The average Bonchev–Trinajstić information content (AvgIpc) is 3.88.